The molecule has 0 radical (unpaired) electrons. The fourth-order valence-electron chi connectivity index (χ4n) is 4.71. The quantitative estimate of drug-likeness (QED) is 0.592. The fraction of sp³-hybridized carbons (Fsp3) is 0.250. The van der Waals surface area contributed by atoms with Crippen LogP contribution < -0.4 is 0 Å². The lowest BCUT2D eigenvalue weighted by atomic mass is 9.77. The van der Waals surface area contributed by atoms with Crippen LogP contribution in [0.1, 0.15) is 57.5 Å². The number of rotatable bonds is 0. The molecule has 2 aromatic carbocycles. The molecule has 2 aromatic rings. The summed E-state index contributed by atoms with van der Waals surface area (Å²) >= 11 is 0. The Morgan fingerprint density at radius 1 is 0.880 bits per heavy atom. The molecule has 25 heavy (non-hydrogen) atoms. The molecule has 0 aromatic heterocycles. The van der Waals surface area contributed by atoms with Crippen LogP contribution in [0.15, 0.2) is 30.3 Å². The number of carbonyl (C=O) groups is 1. The van der Waals surface area contributed by atoms with E-state index >= 15 is 0 Å². The molecule has 3 aliphatic rings. The number of aromatic hydroxyl groups is 2. The molecular weight excluding hydrogens is 320 g/mol. The minimum Gasteiger partial charge on any atom is -0.508 e. The Balaban J connectivity index is 1.90. The van der Waals surface area contributed by atoms with E-state index in [1.54, 1.807) is 18.2 Å². The van der Waals surface area contributed by atoms with Gasteiger partial charge in [0.15, 0.2) is 5.78 Å². The van der Waals surface area contributed by atoms with Crippen LogP contribution in [0.4, 0.5) is 0 Å². The van der Waals surface area contributed by atoms with Crippen LogP contribution in [0.25, 0.3) is 11.1 Å². The largest absolute Gasteiger partial charge is 0.508 e. The summed E-state index contributed by atoms with van der Waals surface area (Å²) in [5.41, 5.74) is 4.34. The first-order chi connectivity index (χ1) is 12.0. The zero-order valence-corrected chi connectivity index (χ0v) is 13.2. The third-order valence-electron chi connectivity index (χ3n) is 5.65. The third kappa shape index (κ3) is 1.72. The maximum atomic E-state index is 12.6. The molecule has 0 fully saturated rings. The summed E-state index contributed by atoms with van der Waals surface area (Å²) < 4.78 is 0. The van der Waals surface area contributed by atoms with Gasteiger partial charge in [-0.1, -0.05) is 18.2 Å². The Bertz CT molecular complexity index is 988. The van der Waals surface area contributed by atoms with Crippen LogP contribution in [0.2, 0.25) is 0 Å². The van der Waals surface area contributed by atoms with Crippen LogP contribution in [-0.4, -0.2) is 32.3 Å². The van der Waals surface area contributed by atoms with Crippen LogP contribution in [-0.2, 0) is 0 Å². The summed E-state index contributed by atoms with van der Waals surface area (Å²) in [6.45, 7) is 0. The summed E-state index contributed by atoms with van der Waals surface area (Å²) in [6, 6.07) is 8.26. The molecular formula is C20H16O5. The first kappa shape index (κ1) is 14.7. The fourth-order valence-corrected chi connectivity index (χ4v) is 4.71. The maximum Gasteiger partial charge on any atom is 0.168 e. The second-order valence-electron chi connectivity index (χ2n) is 6.94. The Hall–Kier alpha value is -2.63. The number of aliphatic hydroxyl groups is 2. The Kier molecular flexibility index (Phi) is 2.77. The van der Waals surface area contributed by atoms with Crippen LogP contribution in [0, 0.1) is 0 Å². The van der Waals surface area contributed by atoms with Crippen molar-refractivity contribution in [3.05, 3.63) is 58.1 Å². The number of hydrogen-bond donors (Lipinski definition) is 4. The number of allylic oxidation sites excluding steroid dienone is 1. The first-order valence-electron chi connectivity index (χ1n) is 8.31. The van der Waals surface area contributed by atoms with E-state index in [9.17, 15) is 25.2 Å². The molecule has 3 atom stereocenters. The predicted octanol–water partition coefficient (Wildman–Crippen LogP) is 2.49. The van der Waals surface area contributed by atoms with Gasteiger partial charge in [0, 0.05) is 24.3 Å². The maximum absolute atomic E-state index is 12.6. The van der Waals surface area contributed by atoms with Gasteiger partial charge in [0.2, 0.25) is 0 Å². The van der Waals surface area contributed by atoms with Gasteiger partial charge in [-0.3, -0.25) is 4.79 Å². The molecule has 0 saturated heterocycles. The van der Waals surface area contributed by atoms with E-state index in [0.717, 1.165) is 11.1 Å². The van der Waals surface area contributed by atoms with Crippen molar-refractivity contribution >= 4 is 16.9 Å². The van der Waals surface area contributed by atoms with Crippen molar-refractivity contribution in [3.8, 4) is 11.5 Å². The van der Waals surface area contributed by atoms with Gasteiger partial charge in [-0.25, -0.2) is 0 Å². The summed E-state index contributed by atoms with van der Waals surface area (Å²) in [5, 5.41) is 41.4. The van der Waals surface area contributed by atoms with Crippen LogP contribution in [0.5, 0.6) is 11.5 Å². The number of phenols is 2. The number of ketones is 1. The molecule has 0 amide bonds. The van der Waals surface area contributed by atoms with Crippen molar-refractivity contribution in [1.82, 2.24) is 0 Å². The molecule has 5 heteroatoms. The molecule has 5 nitrogen and oxygen atoms in total. The molecule has 0 spiro atoms. The topological polar surface area (TPSA) is 98.0 Å². The predicted molar refractivity (Wildman–Crippen MR) is 90.3 cm³/mol. The Morgan fingerprint density at radius 3 is 2.48 bits per heavy atom. The molecule has 4 N–H and O–H groups in total. The highest BCUT2D eigenvalue weighted by Crippen LogP contribution is 2.59. The van der Waals surface area contributed by atoms with Crippen molar-refractivity contribution in [2.24, 2.45) is 0 Å². The minimum absolute atomic E-state index is 0.00245. The monoisotopic (exact) mass is 336 g/mol. The number of benzene rings is 2. The summed E-state index contributed by atoms with van der Waals surface area (Å²) in [4.78, 5) is 12.6. The summed E-state index contributed by atoms with van der Waals surface area (Å²) in [6.07, 6.45) is -1.54. The highest BCUT2D eigenvalue weighted by molar-refractivity contribution is 6.14. The lowest BCUT2D eigenvalue weighted by Crippen LogP contribution is -2.22. The van der Waals surface area contributed by atoms with Crippen molar-refractivity contribution in [2.45, 2.75) is 31.0 Å². The van der Waals surface area contributed by atoms with Crippen LogP contribution in [0.3, 0.4) is 0 Å². The van der Waals surface area contributed by atoms with Crippen molar-refractivity contribution < 1.29 is 25.2 Å². The zero-order chi connectivity index (χ0) is 17.5. The lowest BCUT2D eigenvalue weighted by Gasteiger charge is -2.29. The number of fused-ring (bicyclic) bond motifs is 4. The molecule has 0 heterocycles. The van der Waals surface area contributed by atoms with E-state index in [1.807, 2.05) is 0 Å². The molecule has 5 rings (SSSR count). The standard InChI is InChI=1S/C20H16O5/c21-11-3-1-2-9-16-10(6-13(23)17(9)11)8-4-5-12(22)19-14(24)7-15(25)20(16)18(8)19/h1-5,10,14-15,21-22,24-25H,6-7H2/t10-,14+,15+/m1/s1. The number of carbonyl (C=O) groups excluding carboxylic acids is 1. The molecule has 0 unspecified atom stereocenters. The third-order valence-corrected chi connectivity index (χ3v) is 5.65. The number of Topliss-reactive ketones (excluding diaryl/α,β-unsaturated/α-hetero) is 1. The average Bonchev–Trinajstić information content (AvgIpc) is 2.88. The van der Waals surface area contributed by atoms with Gasteiger partial charge >= 0.3 is 0 Å². The Labute approximate surface area is 143 Å². The number of phenolic OH excluding ortho intramolecular Hbond substituents is 2. The van der Waals surface area contributed by atoms with Gasteiger partial charge in [0.05, 0.1) is 17.8 Å². The van der Waals surface area contributed by atoms with E-state index in [0.29, 0.717) is 22.3 Å². The summed E-state index contributed by atoms with van der Waals surface area (Å²) in [5.74, 6) is -0.431. The SMILES string of the molecule is O=C1C[C@H]2C(=C3c4c2ccc(O)c4[C@@H](O)C[C@@H]3O)c2cccc(O)c21. The molecule has 126 valence electrons. The van der Waals surface area contributed by atoms with Gasteiger partial charge in [0.1, 0.15) is 11.5 Å². The molecule has 0 aliphatic heterocycles. The number of aliphatic hydroxyl groups excluding tert-OH is 2. The van der Waals surface area contributed by atoms with Gasteiger partial charge in [-0.15, -0.1) is 0 Å². The van der Waals surface area contributed by atoms with E-state index in [4.69, 9.17) is 0 Å². The van der Waals surface area contributed by atoms with Gasteiger partial charge < -0.3 is 20.4 Å². The van der Waals surface area contributed by atoms with Gasteiger partial charge in [-0.05, 0) is 40.0 Å². The normalized spacial score (nSPS) is 26.3. The van der Waals surface area contributed by atoms with E-state index in [1.165, 1.54) is 12.1 Å². The second-order valence-corrected chi connectivity index (χ2v) is 6.94. The van der Waals surface area contributed by atoms with E-state index < -0.39 is 12.2 Å². The van der Waals surface area contributed by atoms with Crippen molar-refractivity contribution in [1.29, 1.82) is 0 Å². The molecule has 3 aliphatic carbocycles. The average molecular weight is 336 g/mol. The van der Waals surface area contributed by atoms with Gasteiger partial charge in [0.25, 0.3) is 0 Å². The van der Waals surface area contributed by atoms with E-state index in [2.05, 4.69) is 0 Å². The highest BCUT2D eigenvalue weighted by Gasteiger charge is 2.46. The van der Waals surface area contributed by atoms with Crippen LogP contribution >= 0.6 is 0 Å². The zero-order valence-electron chi connectivity index (χ0n) is 13.2. The summed E-state index contributed by atoms with van der Waals surface area (Å²) in [7, 11) is 0. The lowest BCUT2D eigenvalue weighted by molar-refractivity contribution is 0.0970. The highest BCUT2D eigenvalue weighted by atomic mass is 16.3. The first-order valence-corrected chi connectivity index (χ1v) is 8.31. The van der Waals surface area contributed by atoms with Crippen molar-refractivity contribution in [2.75, 3.05) is 0 Å². The Morgan fingerprint density at radius 2 is 1.68 bits per heavy atom. The van der Waals surface area contributed by atoms with Gasteiger partial charge in [-0.2, -0.15) is 0 Å². The molecule has 0 bridgehead atoms. The van der Waals surface area contributed by atoms with E-state index in [-0.39, 0.29) is 41.6 Å². The second kappa shape index (κ2) is 4.71. The van der Waals surface area contributed by atoms with Crippen molar-refractivity contribution in [3.63, 3.8) is 0 Å². The smallest absolute Gasteiger partial charge is 0.168 e. The minimum atomic E-state index is -0.950. The number of hydrogen-bond acceptors (Lipinski definition) is 5. The molecule has 0 saturated carbocycles.